The quantitative estimate of drug-likeness (QED) is 0.824. The van der Waals surface area contributed by atoms with E-state index in [0.29, 0.717) is 0 Å². The lowest BCUT2D eigenvalue weighted by Crippen LogP contribution is -2.10. The van der Waals surface area contributed by atoms with Crippen LogP contribution >= 0.6 is 0 Å². The van der Waals surface area contributed by atoms with E-state index in [1.165, 1.54) is 12.8 Å². The second-order valence-corrected chi connectivity index (χ2v) is 4.74. The van der Waals surface area contributed by atoms with Crippen molar-refractivity contribution in [3.05, 3.63) is 23.8 Å². The summed E-state index contributed by atoms with van der Waals surface area (Å²) in [5, 5.41) is 0. The van der Waals surface area contributed by atoms with Gasteiger partial charge in [-0.05, 0) is 31.4 Å². The van der Waals surface area contributed by atoms with Crippen LogP contribution in [0.3, 0.4) is 0 Å². The second kappa shape index (κ2) is 5.41. The Morgan fingerprint density at radius 1 is 1.35 bits per heavy atom. The minimum Gasteiger partial charge on any atom is -0.496 e. The van der Waals surface area contributed by atoms with Gasteiger partial charge in [-0.15, -0.1) is 0 Å². The second-order valence-electron chi connectivity index (χ2n) is 4.74. The Balaban J connectivity index is 2.07. The lowest BCUT2D eigenvalue weighted by atomic mass is 10.1. The van der Waals surface area contributed by atoms with Crippen molar-refractivity contribution in [2.24, 2.45) is 11.7 Å². The van der Waals surface area contributed by atoms with Crippen molar-refractivity contribution in [1.82, 2.24) is 0 Å². The summed E-state index contributed by atoms with van der Waals surface area (Å²) in [6.07, 6.45) is 3.87. The zero-order valence-electron chi connectivity index (χ0n) is 10.6. The van der Waals surface area contributed by atoms with Crippen LogP contribution < -0.4 is 15.2 Å². The third-order valence-corrected chi connectivity index (χ3v) is 3.18. The summed E-state index contributed by atoms with van der Waals surface area (Å²) < 4.78 is 11.2. The summed E-state index contributed by atoms with van der Waals surface area (Å²) in [6.45, 7) is 2.73. The Morgan fingerprint density at radius 2 is 2.06 bits per heavy atom. The number of nitrogens with two attached hydrogens (primary N) is 1. The molecule has 0 aliphatic heterocycles. The molecule has 0 amide bonds. The van der Waals surface area contributed by atoms with E-state index in [0.717, 1.165) is 36.0 Å². The Labute approximate surface area is 103 Å². The molecule has 1 unspecified atom stereocenters. The molecule has 17 heavy (non-hydrogen) atoms. The lowest BCUT2D eigenvalue weighted by Gasteiger charge is -2.17. The van der Waals surface area contributed by atoms with Crippen LogP contribution in [0.15, 0.2) is 18.2 Å². The molecule has 3 heteroatoms. The summed E-state index contributed by atoms with van der Waals surface area (Å²) in [7, 11) is 1.66. The fraction of sp³-hybridized carbons (Fsp3) is 0.571. The van der Waals surface area contributed by atoms with Crippen LogP contribution in [0.5, 0.6) is 11.5 Å². The van der Waals surface area contributed by atoms with Crippen molar-refractivity contribution in [3.8, 4) is 11.5 Å². The predicted molar refractivity (Wildman–Crippen MR) is 68.4 cm³/mol. The Morgan fingerprint density at radius 3 is 2.65 bits per heavy atom. The highest BCUT2D eigenvalue weighted by Crippen LogP contribution is 2.35. The maximum atomic E-state index is 5.97. The molecule has 3 nitrogen and oxygen atoms in total. The van der Waals surface area contributed by atoms with Crippen molar-refractivity contribution in [3.63, 3.8) is 0 Å². The molecule has 0 heterocycles. The van der Waals surface area contributed by atoms with Crippen molar-refractivity contribution in [2.75, 3.05) is 13.7 Å². The van der Waals surface area contributed by atoms with Gasteiger partial charge in [-0.1, -0.05) is 18.9 Å². The molecule has 0 radical (unpaired) electrons. The number of ether oxygens (including phenoxy) is 2. The molecule has 1 aliphatic rings. The highest BCUT2D eigenvalue weighted by molar-refractivity contribution is 5.46. The number of hydrogen-bond acceptors (Lipinski definition) is 3. The predicted octanol–water partition coefficient (Wildman–Crippen LogP) is 2.89. The molecule has 0 saturated heterocycles. The number of hydrogen-bond donors (Lipinski definition) is 1. The first-order chi connectivity index (χ1) is 8.22. The van der Waals surface area contributed by atoms with E-state index in [-0.39, 0.29) is 6.04 Å². The van der Waals surface area contributed by atoms with Gasteiger partial charge < -0.3 is 15.2 Å². The highest BCUT2D eigenvalue weighted by atomic mass is 16.5. The van der Waals surface area contributed by atoms with E-state index in [1.54, 1.807) is 7.11 Å². The molecule has 1 saturated carbocycles. The van der Waals surface area contributed by atoms with Gasteiger partial charge in [-0.3, -0.25) is 0 Å². The molecule has 1 atom stereocenters. The van der Waals surface area contributed by atoms with Crippen LogP contribution in [0.25, 0.3) is 0 Å². The van der Waals surface area contributed by atoms with Crippen LogP contribution in [0, 0.1) is 5.92 Å². The molecule has 1 aromatic rings. The first kappa shape index (κ1) is 12.2. The van der Waals surface area contributed by atoms with E-state index < -0.39 is 0 Å². The zero-order chi connectivity index (χ0) is 12.3. The highest BCUT2D eigenvalue weighted by Gasteiger charge is 2.21. The molecule has 0 aromatic heterocycles. The fourth-order valence-electron chi connectivity index (χ4n) is 2.02. The van der Waals surface area contributed by atoms with Crippen molar-refractivity contribution in [1.29, 1.82) is 0 Å². The topological polar surface area (TPSA) is 44.5 Å². The summed E-state index contributed by atoms with van der Waals surface area (Å²) in [5.41, 5.74) is 6.94. The van der Waals surface area contributed by atoms with E-state index >= 15 is 0 Å². The lowest BCUT2D eigenvalue weighted by molar-refractivity contribution is 0.295. The van der Waals surface area contributed by atoms with Crippen molar-refractivity contribution >= 4 is 0 Å². The number of methoxy groups -OCH3 is 1. The Hall–Kier alpha value is -1.22. The third kappa shape index (κ3) is 3.13. The maximum Gasteiger partial charge on any atom is 0.127 e. The molecular formula is C14H21NO2. The van der Waals surface area contributed by atoms with Crippen LogP contribution in [-0.4, -0.2) is 13.7 Å². The molecule has 1 aromatic carbocycles. The normalized spacial score (nSPS) is 16.6. The molecule has 2 N–H and O–H groups in total. The van der Waals surface area contributed by atoms with Gasteiger partial charge in [0.25, 0.3) is 0 Å². The van der Waals surface area contributed by atoms with E-state index in [4.69, 9.17) is 15.2 Å². The zero-order valence-corrected chi connectivity index (χ0v) is 10.6. The van der Waals surface area contributed by atoms with Crippen LogP contribution in [0.2, 0.25) is 0 Å². The summed E-state index contributed by atoms with van der Waals surface area (Å²) in [6, 6.07) is 5.75. The molecule has 2 rings (SSSR count). The van der Waals surface area contributed by atoms with Gasteiger partial charge in [0.05, 0.1) is 19.3 Å². The van der Waals surface area contributed by atoms with E-state index in [1.807, 2.05) is 25.1 Å². The van der Waals surface area contributed by atoms with Gasteiger partial charge in [0.1, 0.15) is 11.5 Å². The average molecular weight is 235 g/mol. The smallest absolute Gasteiger partial charge is 0.127 e. The molecule has 1 aliphatic carbocycles. The first-order valence-electron chi connectivity index (χ1n) is 6.27. The SMILES string of the molecule is COc1cccc(OCCC2CC2)c1C(C)N. The van der Waals surface area contributed by atoms with Gasteiger partial charge in [-0.25, -0.2) is 0 Å². The number of benzene rings is 1. The first-order valence-corrected chi connectivity index (χ1v) is 6.27. The molecule has 0 spiro atoms. The van der Waals surface area contributed by atoms with E-state index in [2.05, 4.69) is 0 Å². The molecular weight excluding hydrogens is 214 g/mol. The molecule has 1 fully saturated rings. The standard InChI is InChI=1S/C14H21NO2/c1-10(15)14-12(16-2)4-3-5-13(14)17-9-8-11-6-7-11/h3-5,10-11H,6-9,15H2,1-2H3. The van der Waals surface area contributed by atoms with Gasteiger partial charge >= 0.3 is 0 Å². The van der Waals surface area contributed by atoms with Gasteiger partial charge in [-0.2, -0.15) is 0 Å². The average Bonchev–Trinajstić information content (AvgIpc) is 3.12. The monoisotopic (exact) mass is 235 g/mol. The number of rotatable bonds is 6. The molecule has 0 bridgehead atoms. The summed E-state index contributed by atoms with van der Waals surface area (Å²) >= 11 is 0. The molecule has 94 valence electrons. The minimum atomic E-state index is -0.0814. The maximum absolute atomic E-state index is 5.97. The Kier molecular flexibility index (Phi) is 3.89. The van der Waals surface area contributed by atoms with E-state index in [9.17, 15) is 0 Å². The Bertz CT molecular complexity index is 372. The fourth-order valence-corrected chi connectivity index (χ4v) is 2.02. The minimum absolute atomic E-state index is 0.0814. The van der Waals surface area contributed by atoms with Crippen LogP contribution in [-0.2, 0) is 0 Å². The van der Waals surface area contributed by atoms with Crippen LogP contribution in [0.1, 0.15) is 37.8 Å². The van der Waals surface area contributed by atoms with Crippen LogP contribution in [0.4, 0.5) is 0 Å². The summed E-state index contributed by atoms with van der Waals surface area (Å²) in [4.78, 5) is 0. The van der Waals surface area contributed by atoms with Crippen molar-refractivity contribution in [2.45, 2.75) is 32.2 Å². The van der Waals surface area contributed by atoms with Crippen molar-refractivity contribution < 1.29 is 9.47 Å². The third-order valence-electron chi connectivity index (χ3n) is 3.18. The van der Waals surface area contributed by atoms with Gasteiger partial charge in [0.2, 0.25) is 0 Å². The van der Waals surface area contributed by atoms with Gasteiger partial charge in [0, 0.05) is 6.04 Å². The largest absolute Gasteiger partial charge is 0.496 e. The van der Waals surface area contributed by atoms with Gasteiger partial charge in [0.15, 0.2) is 0 Å². The summed E-state index contributed by atoms with van der Waals surface area (Å²) in [5.74, 6) is 2.56.